The second-order valence-corrected chi connectivity index (χ2v) is 7.64. The van der Waals surface area contributed by atoms with Crippen LogP contribution in [0.25, 0.3) is 0 Å². The van der Waals surface area contributed by atoms with Gasteiger partial charge in [-0.1, -0.05) is 18.2 Å². The Balaban J connectivity index is 1.46. The molecule has 1 aromatic heterocycles. The van der Waals surface area contributed by atoms with Crippen molar-refractivity contribution in [1.29, 1.82) is 0 Å². The lowest BCUT2D eigenvalue weighted by Crippen LogP contribution is -2.22. The Labute approximate surface area is 196 Å². The molecule has 0 spiro atoms. The third-order valence-electron chi connectivity index (χ3n) is 5.25. The summed E-state index contributed by atoms with van der Waals surface area (Å²) < 4.78 is 10.7. The van der Waals surface area contributed by atoms with Gasteiger partial charge in [-0.25, -0.2) is 10.2 Å². The van der Waals surface area contributed by atoms with E-state index in [1.807, 2.05) is 37.3 Å². The summed E-state index contributed by atoms with van der Waals surface area (Å²) in [7, 11) is 0. The van der Waals surface area contributed by atoms with E-state index in [1.165, 1.54) is 0 Å². The summed E-state index contributed by atoms with van der Waals surface area (Å²) in [6.07, 6.45) is 1.56. The monoisotopic (exact) mass is 459 g/mol. The predicted molar refractivity (Wildman–Crippen MR) is 128 cm³/mol. The van der Waals surface area contributed by atoms with E-state index in [9.17, 15) is 9.59 Å². The molecule has 9 heteroatoms. The molecule has 0 aliphatic heterocycles. The second-order valence-electron chi connectivity index (χ2n) is 7.64. The number of anilines is 1. The van der Waals surface area contributed by atoms with Gasteiger partial charge < -0.3 is 14.5 Å². The maximum Gasteiger partial charge on any atom is 0.427 e. The van der Waals surface area contributed by atoms with Crippen LogP contribution in [-0.4, -0.2) is 24.3 Å². The third-order valence-corrected chi connectivity index (χ3v) is 5.25. The average Bonchev–Trinajstić information content (AvgIpc) is 3.20. The molecule has 1 heterocycles. The van der Waals surface area contributed by atoms with Crippen LogP contribution in [0.2, 0.25) is 0 Å². The molecule has 174 valence electrons. The number of nitrogens with zero attached hydrogens (tertiary/aromatic N) is 3. The number of hydrazone groups is 1. The van der Waals surface area contributed by atoms with E-state index in [0.29, 0.717) is 41.3 Å². The largest absolute Gasteiger partial charge is 0.455 e. The van der Waals surface area contributed by atoms with Crippen LogP contribution in [0.1, 0.15) is 47.2 Å². The molecule has 0 atom stereocenters. The van der Waals surface area contributed by atoms with Crippen LogP contribution in [0.5, 0.6) is 0 Å². The molecule has 2 amide bonds. The number of hydrogen-bond donors (Lipinski definition) is 2. The summed E-state index contributed by atoms with van der Waals surface area (Å²) in [4.78, 5) is 24.5. The van der Waals surface area contributed by atoms with Crippen molar-refractivity contribution < 1.29 is 18.7 Å². The van der Waals surface area contributed by atoms with E-state index < -0.39 is 6.09 Å². The molecule has 4 rings (SSSR count). The minimum Gasteiger partial charge on any atom is -0.455 e. The predicted octanol–water partition coefficient (Wildman–Crippen LogP) is 6.04. The van der Waals surface area contributed by atoms with Crippen LogP contribution < -0.4 is 10.7 Å². The summed E-state index contributed by atoms with van der Waals surface area (Å²) in [6, 6.07) is 16.5. The lowest BCUT2D eigenvalue weighted by Gasteiger charge is -2.13. The summed E-state index contributed by atoms with van der Waals surface area (Å²) in [5.41, 5.74) is 6.55. The first-order valence-corrected chi connectivity index (χ1v) is 11.0. The zero-order valence-electron chi connectivity index (χ0n) is 19.0. The van der Waals surface area contributed by atoms with Crippen LogP contribution >= 0.6 is 0 Å². The number of amides is 2. The van der Waals surface area contributed by atoms with Gasteiger partial charge in [-0.3, -0.25) is 4.79 Å². The SMILES string of the molecule is CCOC(=O)N/N=C1\CCCc2oc(C(=O)Nc3ccc(N=Nc4ccccc4)cc3)c(C)c21. The standard InChI is InChI=1S/C25H25N5O4/c1-3-33-25(32)30-29-20-10-7-11-21-22(20)16(2)23(34-21)24(31)26-17-12-14-19(15-13-17)28-27-18-8-5-4-6-9-18/h4-6,8-9,12-15H,3,7,10-11H2,1-2H3,(H,26,31)(H,30,32)/b28-27?,29-20+. The highest BCUT2D eigenvalue weighted by Gasteiger charge is 2.28. The van der Waals surface area contributed by atoms with Crippen molar-refractivity contribution in [3.63, 3.8) is 0 Å². The molecule has 1 aliphatic rings. The zero-order chi connectivity index (χ0) is 23.9. The summed E-state index contributed by atoms with van der Waals surface area (Å²) in [5.74, 6) is 0.557. The van der Waals surface area contributed by atoms with Crippen molar-refractivity contribution in [2.75, 3.05) is 11.9 Å². The van der Waals surface area contributed by atoms with Crippen molar-refractivity contribution in [2.45, 2.75) is 33.1 Å². The number of nitrogens with one attached hydrogen (secondary N) is 2. The van der Waals surface area contributed by atoms with Crippen LogP contribution in [0, 0.1) is 6.92 Å². The van der Waals surface area contributed by atoms with Crippen LogP contribution in [0.15, 0.2) is 74.3 Å². The first-order valence-electron chi connectivity index (χ1n) is 11.0. The average molecular weight is 460 g/mol. The molecule has 0 bridgehead atoms. The van der Waals surface area contributed by atoms with E-state index in [-0.39, 0.29) is 18.3 Å². The fourth-order valence-corrected chi connectivity index (χ4v) is 3.68. The highest BCUT2D eigenvalue weighted by molar-refractivity contribution is 6.09. The first-order chi connectivity index (χ1) is 16.5. The maximum atomic E-state index is 12.9. The number of furan rings is 1. The maximum absolute atomic E-state index is 12.9. The van der Waals surface area contributed by atoms with Gasteiger partial charge in [-0.15, -0.1) is 0 Å². The number of carbonyl (C=O) groups is 2. The third kappa shape index (κ3) is 5.37. The van der Waals surface area contributed by atoms with Gasteiger partial charge in [0.2, 0.25) is 0 Å². The molecule has 0 fully saturated rings. The van der Waals surface area contributed by atoms with Crippen molar-refractivity contribution in [2.24, 2.45) is 15.3 Å². The van der Waals surface area contributed by atoms with Gasteiger partial charge in [0.1, 0.15) is 5.76 Å². The highest BCUT2D eigenvalue weighted by Crippen LogP contribution is 2.30. The van der Waals surface area contributed by atoms with Gasteiger partial charge in [0.25, 0.3) is 5.91 Å². The van der Waals surface area contributed by atoms with Crippen LogP contribution in [-0.2, 0) is 11.2 Å². The number of aryl methyl sites for hydroxylation is 1. The molecule has 0 saturated carbocycles. The number of rotatable bonds is 6. The Hall–Kier alpha value is -4.27. The van der Waals surface area contributed by atoms with Gasteiger partial charge in [0.15, 0.2) is 5.76 Å². The van der Waals surface area contributed by atoms with Crippen molar-refractivity contribution >= 4 is 34.8 Å². The molecule has 0 radical (unpaired) electrons. The lowest BCUT2D eigenvalue weighted by molar-refractivity contribution is 0.0994. The van der Waals surface area contributed by atoms with Gasteiger partial charge in [-0.05, 0) is 63.1 Å². The number of ether oxygens (including phenoxy) is 1. The molecule has 2 N–H and O–H groups in total. The van der Waals surface area contributed by atoms with E-state index in [4.69, 9.17) is 9.15 Å². The molecule has 2 aromatic carbocycles. The number of benzene rings is 2. The second kappa shape index (κ2) is 10.6. The number of fused-ring (bicyclic) bond motifs is 1. The molecule has 3 aromatic rings. The fraction of sp³-hybridized carbons (Fsp3) is 0.240. The normalized spacial score (nSPS) is 14.1. The van der Waals surface area contributed by atoms with E-state index in [1.54, 1.807) is 31.2 Å². The quantitative estimate of drug-likeness (QED) is 0.345. The highest BCUT2D eigenvalue weighted by atomic mass is 16.5. The van der Waals surface area contributed by atoms with Crippen molar-refractivity contribution in [1.82, 2.24) is 5.43 Å². The summed E-state index contributed by atoms with van der Waals surface area (Å²) in [6.45, 7) is 3.79. The number of azo groups is 1. The smallest absolute Gasteiger partial charge is 0.427 e. The zero-order valence-corrected chi connectivity index (χ0v) is 19.0. The Kier molecular flexibility index (Phi) is 7.12. The topological polar surface area (TPSA) is 118 Å². The van der Waals surface area contributed by atoms with E-state index in [0.717, 1.165) is 17.7 Å². The Morgan fingerprint density at radius 1 is 1.00 bits per heavy atom. The minimum absolute atomic E-state index is 0.226. The Morgan fingerprint density at radius 2 is 1.71 bits per heavy atom. The minimum atomic E-state index is -0.618. The summed E-state index contributed by atoms with van der Waals surface area (Å²) in [5, 5.41) is 15.4. The molecular formula is C25H25N5O4. The van der Waals surface area contributed by atoms with E-state index >= 15 is 0 Å². The van der Waals surface area contributed by atoms with Crippen molar-refractivity contribution in [3.05, 3.63) is 77.2 Å². The Bertz CT molecular complexity index is 1230. The molecule has 1 aliphatic carbocycles. The lowest BCUT2D eigenvalue weighted by atomic mass is 9.93. The number of carbonyl (C=O) groups excluding carboxylic acids is 2. The van der Waals surface area contributed by atoms with Gasteiger partial charge in [0, 0.05) is 23.2 Å². The van der Waals surface area contributed by atoms with Crippen LogP contribution in [0.4, 0.5) is 21.9 Å². The van der Waals surface area contributed by atoms with Crippen LogP contribution in [0.3, 0.4) is 0 Å². The van der Waals surface area contributed by atoms with Gasteiger partial charge >= 0.3 is 6.09 Å². The van der Waals surface area contributed by atoms with Crippen molar-refractivity contribution in [3.8, 4) is 0 Å². The van der Waals surface area contributed by atoms with E-state index in [2.05, 4.69) is 26.1 Å². The molecule has 34 heavy (non-hydrogen) atoms. The molecule has 0 unspecified atom stereocenters. The molecule has 0 saturated heterocycles. The first kappa shape index (κ1) is 22.9. The molecular weight excluding hydrogens is 434 g/mol. The fourth-order valence-electron chi connectivity index (χ4n) is 3.68. The van der Waals surface area contributed by atoms with Gasteiger partial charge in [0.05, 0.1) is 23.7 Å². The Morgan fingerprint density at radius 3 is 2.41 bits per heavy atom. The summed E-state index contributed by atoms with van der Waals surface area (Å²) >= 11 is 0. The molecule has 9 nitrogen and oxygen atoms in total. The van der Waals surface area contributed by atoms with Gasteiger partial charge in [-0.2, -0.15) is 15.3 Å². The number of hydrogen-bond acceptors (Lipinski definition) is 7.